The Morgan fingerprint density at radius 1 is 1.31 bits per heavy atom. The third-order valence-electron chi connectivity index (χ3n) is 2.33. The highest BCUT2D eigenvalue weighted by Gasteiger charge is 2.13. The molecule has 2 amide bonds. The summed E-state index contributed by atoms with van der Waals surface area (Å²) in [7, 11) is 0. The molecule has 0 rings (SSSR count). The lowest BCUT2D eigenvalue weighted by molar-refractivity contribution is -0.130. The van der Waals surface area contributed by atoms with Crippen molar-refractivity contribution in [1.82, 2.24) is 5.32 Å². The standard InChI is InChI=1S/C11H20N2O3/c1-3-4-5-8(2)9(14)7-13-11(16)6-10(12)15/h8H,3-7H2,1-2H3,(H2,12,15)(H,13,16)/t8-/m0/s1. The summed E-state index contributed by atoms with van der Waals surface area (Å²) in [5.74, 6) is -1.24. The normalized spacial score (nSPS) is 11.9. The number of ketones is 1. The van der Waals surface area contributed by atoms with E-state index in [1.165, 1.54) is 0 Å². The van der Waals surface area contributed by atoms with Crippen molar-refractivity contribution in [2.24, 2.45) is 11.7 Å². The Bertz CT molecular complexity index is 264. The second kappa shape index (κ2) is 7.84. The number of carbonyl (C=O) groups excluding carboxylic acids is 3. The van der Waals surface area contributed by atoms with E-state index in [-0.39, 0.29) is 24.7 Å². The molecule has 0 aliphatic rings. The Balaban J connectivity index is 3.79. The van der Waals surface area contributed by atoms with Gasteiger partial charge in [-0.2, -0.15) is 0 Å². The lowest BCUT2D eigenvalue weighted by Crippen LogP contribution is -2.34. The van der Waals surface area contributed by atoms with Gasteiger partial charge in [0.05, 0.1) is 6.54 Å². The van der Waals surface area contributed by atoms with Gasteiger partial charge in [-0.25, -0.2) is 0 Å². The third kappa shape index (κ3) is 6.98. The van der Waals surface area contributed by atoms with E-state index in [4.69, 9.17) is 5.73 Å². The van der Waals surface area contributed by atoms with Crippen molar-refractivity contribution in [2.45, 2.75) is 39.5 Å². The van der Waals surface area contributed by atoms with Crippen LogP contribution in [0.25, 0.3) is 0 Å². The van der Waals surface area contributed by atoms with Gasteiger partial charge in [-0.1, -0.05) is 26.7 Å². The number of rotatable bonds is 8. The second-order valence-electron chi connectivity index (χ2n) is 3.93. The molecule has 0 spiro atoms. The van der Waals surface area contributed by atoms with E-state index < -0.39 is 11.8 Å². The Morgan fingerprint density at radius 2 is 1.94 bits per heavy atom. The number of hydrogen-bond acceptors (Lipinski definition) is 3. The fourth-order valence-electron chi connectivity index (χ4n) is 1.25. The molecule has 16 heavy (non-hydrogen) atoms. The molecule has 0 aromatic rings. The van der Waals surface area contributed by atoms with Gasteiger partial charge in [0.25, 0.3) is 0 Å². The van der Waals surface area contributed by atoms with E-state index >= 15 is 0 Å². The first-order valence-corrected chi connectivity index (χ1v) is 5.55. The van der Waals surface area contributed by atoms with E-state index in [9.17, 15) is 14.4 Å². The van der Waals surface area contributed by atoms with Crippen molar-refractivity contribution in [3.05, 3.63) is 0 Å². The van der Waals surface area contributed by atoms with Gasteiger partial charge in [0.15, 0.2) is 5.78 Å². The van der Waals surface area contributed by atoms with Gasteiger partial charge in [0.1, 0.15) is 6.42 Å². The third-order valence-corrected chi connectivity index (χ3v) is 2.33. The van der Waals surface area contributed by atoms with E-state index in [0.717, 1.165) is 19.3 Å². The fourth-order valence-corrected chi connectivity index (χ4v) is 1.25. The Kier molecular flexibility index (Phi) is 7.16. The van der Waals surface area contributed by atoms with Crippen LogP contribution >= 0.6 is 0 Å². The summed E-state index contributed by atoms with van der Waals surface area (Å²) < 4.78 is 0. The molecule has 0 aliphatic carbocycles. The summed E-state index contributed by atoms with van der Waals surface area (Å²) in [6, 6.07) is 0. The zero-order valence-corrected chi connectivity index (χ0v) is 9.91. The number of hydrogen-bond donors (Lipinski definition) is 2. The van der Waals surface area contributed by atoms with Gasteiger partial charge >= 0.3 is 0 Å². The molecular weight excluding hydrogens is 208 g/mol. The van der Waals surface area contributed by atoms with Crippen LogP contribution in [-0.4, -0.2) is 24.1 Å². The SMILES string of the molecule is CCCC[C@H](C)C(=O)CNC(=O)CC(N)=O. The summed E-state index contributed by atoms with van der Waals surface area (Å²) in [6.07, 6.45) is 2.52. The minimum atomic E-state index is -0.691. The van der Waals surface area contributed by atoms with Crippen molar-refractivity contribution >= 4 is 17.6 Å². The van der Waals surface area contributed by atoms with Gasteiger partial charge in [0, 0.05) is 5.92 Å². The Morgan fingerprint density at radius 3 is 2.44 bits per heavy atom. The Hall–Kier alpha value is -1.39. The molecule has 0 radical (unpaired) electrons. The highest BCUT2D eigenvalue weighted by molar-refractivity contribution is 5.97. The largest absolute Gasteiger partial charge is 0.369 e. The number of primary amides is 1. The monoisotopic (exact) mass is 228 g/mol. The van der Waals surface area contributed by atoms with Crippen molar-refractivity contribution in [2.75, 3.05) is 6.54 Å². The molecule has 0 fully saturated rings. The molecule has 5 heteroatoms. The zero-order valence-electron chi connectivity index (χ0n) is 9.91. The van der Waals surface area contributed by atoms with Gasteiger partial charge < -0.3 is 11.1 Å². The highest BCUT2D eigenvalue weighted by atomic mass is 16.2. The van der Waals surface area contributed by atoms with Crippen LogP contribution in [-0.2, 0) is 14.4 Å². The van der Waals surface area contributed by atoms with Gasteiger partial charge in [-0.05, 0) is 6.42 Å². The van der Waals surface area contributed by atoms with Gasteiger partial charge in [-0.15, -0.1) is 0 Å². The minimum absolute atomic E-state index is 0.00808. The van der Waals surface area contributed by atoms with E-state index in [1.807, 2.05) is 6.92 Å². The number of Topliss-reactive ketones (excluding diaryl/α,β-unsaturated/α-hetero) is 1. The molecule has 3 N–H and O–H groups in total. The summed E-state index contributed by atoms with van der Waals surface area (Å²) in [4.78, 5) is 32.9. The summed E-state index contributed by atoms with van der Waals surface area (Å²) >= 11 is 0. The lowest BCUT2D eigenvalue weighted by atomic mass is 9.99. The average Bonchev–Trinajstić information content (AvgIpc) is 2.21. The molecular formula is C11H20N2O3. The summed E-state index contributed by atoms with van der Waals surface area (Å²) in [6.45, 7) is 3.89. The molecule has 0 unspecified atom stereocenters. The molecule has 0 heterocycles. The van der Waals surface area contributed by atoms with Crippen LogP contribution in [0.15, 0.2) is 0 Å². The maximum atomic E-state index is 11.5. The first kappa shape index (κ1) is 14.6. The minimum Gasteiger partial charge on any atom is -0.369 e. The molecule has 0 saturated heterocycles. The smallest absolute Gasteiger partial charge is 0.229 e. The van der Waals surface area contributed by atoms with Crippen LogP contribution < -0.4 is 11.1 Å². The quantitative estimate of drug-likeness (QED) is 0.588. The first-order valence-electron chi connectivity index (χ1n) is 5.55. The predicted molar refractivity (Wildman–Crippen MR) is 60.5 cm³/mol. The summed E-state index contributed by atoms with van der Waals surface area (Å²) in [5, 5.41) is 2.38. The predicted octanol–water partition coefficient (Wildman–Crippen LogP) is 0.373. The molecule has 0 bridgehead atoms. The van der Waals surface area contributed by atoms with Gasteiger partial charge in [-0.3, -0.25) is 14.4 Å². The van der Waals surface area contributed by atoms with Gasteiger partial charge in [0.2, 0.25) is 11.8 Å². The first-order chi connectivity index (χ1) is 7.47. The van der Waals surface area contributed by atoms with Crippen molar-refractivity contribution < 1.29 is 14.4 Å². The van der Waals surface area contributed by atoms with Crippen LogP contribution in [0.3, 0.4) is 0 Å². The molecule has 0 aliphatic heterocycles. The van der Waals surface area contributed by atoms with Crippen LogP contribution in [0.4, 0.5) is 0 Å². The molecule has 0 saturated carbocycles. The molecule has 0 aromatic carbocycles. The van der Waals surface area contributed by atoms with Crippen LogP contribution in [0.1, 0.15) is 39.5 Å². The van der Waals surface area contributed by atoms with Crippen LogP contribution in [0, 0.1) is 5.92 Å². The van der Waals surface area contributed by atoms with Crippen molar-refractivity contribution in [3.63, 3.8) is 0 Å². The highest BCUT2D eigenvalue weighted by Crippen LogP contribution is 2.07. The maximum absolute atomic E-state index is 11.5. The lowest BCUT2D eigenvalue weighted by Gasteiger charge is -2.10. The van der Waals surface area contributed by atoms with E-state index in [2.05, 4.69) is 12.2 Å². The molecule has 0 aromatic heterocycles. The Labute approximate surface area is 95.8 Å². The van der Waals surface area contributed by atoms with Crippen LogP contribution in [0.5, 0.6) is 0 Å². The van der Waals surface area contributed by atoms with Crippen molar-refractivity contribution in [1.29, 1.82) is 0 Å². The number of unbranched alkanes of at least 4 members (excludes halogenated alkanes) is 1. The summed E-state index contributed by atoms with van der Waals surface area (Å²) in [5.41, 5.74) is 4.84. The zero-order chi connectivity index (χ0) is 12.6. The van der Waals surface area contributed by atoms with Crippen molar-refractivity contribution in [3.8, 4) is 0 Å². The topological polar surface area (TPSA) is 89.3 Å². The maximum Gasteiger partial charge on any atom is 0.229 e. The fraction of sp³-hybridized carbons (Fsp3) is 0.727. The number of nitrogens with two attached hydrogens (primary N) is 1. The van der Waals surface area contributed by atoms with E-state index in [0.29, 0.717) is 0 Å². The number of carbonyl (C=O) groups is 3. The van der Waals surface area contributed by atoms with E-state index in [1.54, 1.807) is 0 Å². The molecule has 92 valence electrons. The van der Waals surface area contributed by atoms with Crippen LogP contribution in [0.2, 0.25) is 0 Å². The molecule has 1 atom stereocenters. The number of amides is 2. The second-order valence-corrected chi connectivity index (χ2v) is 3.93. The molecule has 5 nitrogen and oxygen atoms in total. The average molecular weight is 228 g/mol. The number of nitrogens with one attached hydrogen (secondary N) is 1.